The third kappa shape index (κ3) is 6.97. The highest BCUT2D eigenvalue weighted by Gasteiger charge is 2.20. The zero-order valence-electron chi connectivity index (χ0n) is 16.0. The van der Waals surface area contributed by atoms with E-state index >= 15 is 0 Å². The van der Waals surface area contributed by atoms with Crippen molar-refractivity contribution in [2.24, 2.45) is 5.73 Å². The lowest BCUT2D eigenvalue weighted by atomic mass is 10.1. The van der Waals surface area contributed by atoms with Gasteiger partial charge in [-0.1, -0.05) is 19.4 Å². The first-order valence-corrected chi connectivity index (χ1v) is 8.45. The number of nitrogens with zero attached hydrogens (tertiary/aromatic N) is 2. The summed E-state index contributed by atoms with van der Waals surface area (Å²) in [6.07, 6.45) is 1.87. The van der Waals surface area contributed by atoms with Crippen LogP contribution in [0.25, 0.3) is 0 Å². The molecule has 0 radical (unpaired) electrons. The predicted octanol–water partition coefficient (Wildman–Crippen LogP) is 2.02. The molecule has 5 N–H and O–H groups in total. The fourth-order valence-electron chi connectivity index (χ4n) is 2.61. The van der Waals surface area contributed by atoms with E-state index in [0.29, 0.717) is 18.8 Å². The van der Waals surface area contributed by atoms with Crippen LogP contribution in [0.4, 0.5) is 9.18 Å². The fraction of sp³-hybridized carbons (Fsp3) is 0.611. The summed E-state index contributed by atoms with van der Waals surface area (Å²) >= 11 is 0. The van der Waals surface area contributed by atoms with E-state index in [9.17, 15) is 9.18 Å². The average molecular weight is 359 g/mol. The van der Waals surface area contributed by atoms with Crippen LogP contribution in [0.3, 0.4) is 0 Å². The molecule has 0 aliphatic carbocycles. The molecular formula is C18H35FN4O2. The summed E-state index contributed by atoms with van der Waals surface area (Å²) in [7, 11) is 3.70. The van der Waals surface area contributed by atoms with Crippen LogP contribution in [0.1, 0.15) is 37.9 Å². The zero-order chi connectivity index (χ0) is 18.3. The van der Waals surface area contributed by atoms with Crippen molar-refractivity contribution in [1.29, 1.82) is 0 Å². The SMILES string of the molecule is CCCC(CN(C)CN)N(C)C(=O)NCc1cc(C)c(C)cc1F.O.[HH]. The molecule has 0 heterocycles. The van der Waals surface area contributed by atoms with E-state index in [-0.39, 0.29) is 31.3 Å². The lowest BCUT2D eigenvalue weighted by molar-refractivity contribution is 0.165. The molecule has 0 spiro atoms. The number of carbonyl (C=O) groups excluding carboxylic acids is 1. The van der Waals surface area contributed by atoms with Gasteiger partial charge in [0, 0.05) is 39.8 Å². The summed E-state index contributed by atoms with van der Waals surface area (Å²) in [5, 5.41) is 2.81. The Hall–Kier alpha value is -1.70. The number of nitrogens with two attached hydrogens (primary N) is 1. The van der Waals surface area contributed by atoms with Crippen molar-refractivity contribution < 1.29 is 16.1 Å². The third-order valence-corrected chi connectivity index (χ3v) is 4.42. The van der Waals surface area contributed by atoms with Crippen LogP contribution >= 0.6 is 0 Å². The van der Waals surface area contributed by atoms with Gasteiger partial charge in [0.25, 0.3) is 0 Å². The summed E-state index contributed by atoms with van der Waals surface area (Å²) in [6, 6.07) is 3.18. The number of hydrogen-bond acceptors (Lipinski definition) is 3. The smallest absolute Gasteiger partial charge is 0.317 e. The molecule has 1 unspecified atom stereocenters. The van der Waals surface area contributed by atoms with Crippen molar-refractivity contribution in [2.75, 3.05) is 27.3 Å². The standard InChI is InChI=1S/C18H31FN4O.H2O.H2/c1-6-7-16(11-22(4)12-20)23(5)18(24)21-10-15-8-13(2)14(3)9-17(15)19;;/h8-9,16H,6-7,10-12,20H2,1-5H3,(H,21,24);1H2;1H. The highest BCUT2D eigenvalue weighted by molar-refractivity contribution is 5.74. The summed E-state index contributed by atoms with van der Waals surface area (Å²) in [5.74, 6) is -0.283. The van der Waals surface area contributed by atoms with Crippen molar-refractivity contribution in [3.8, 4) is 0 Å². The number of rotatable bonds is 8. The number of carbonyl (C=O) groups is 1. The molecule has 0 aromatic heterocycles. The minimum Gasteiger partial charge on any atom is -0.412 e. The van der Waals surface area contributed by atoms with Gasteiger partial charge in [-0.05, 0) is 44.5 Å². The Kier molecular flexibility index (Phi) is 10.3. The second-order valence-electron chi connectivity index (χ2n) is 6.46. The molecule has 0 saturated carbocycles. The van der Waals surface area contributed by atoms with E-state index in [1.54, 1.807) is 18.0 Å². The van der Waals surface area contributed by atoms with Crippen LogP contribution in [0.15, 0.2) is 12.1 Å². The maximum absolute atomic E-state index is 14.0. The number of hydrogen-bond donors (Lipinski definition) is 2. The number of nitrogens with one attached hydrogen (secondary N) is 1. The van der Waals surface area contributed by atoms with E-state index in [4.69, 9.17) is 5.73 Å². The van der Waals surface area contributed by atoms with E-state index < -0.39 is 0 Å². The molecule has 1 atom stereocenters. The molecule has 0 aliphatic heterocycles. The van der Waals surface area contributed by atoms with Gasteiger partial charge in [-0.3, -0.25) is 4.90 Å². The maximum Gasteiger partial charge on any atom is 0.317 e. The van der Waals surface area contributed by atoms with Crippen molar-refractivity contribution >= 4 is 6.03 Å². The highest BCUT2D eigenvalue weighted by Crippen LogP contribution is 2.15. The summed E-state index contributed by atoms with van der Waals surface area (Å²) in [5.41, 5.74) is 8.07. The van der Waals surface area contributed by atoms with Crippen molar-refractivity contribution in [3.63, 3.8) is 0 Å². The Bertz CT molecular complexity index is 560. The molecule has 146 valence electrons. The molecule has 0 aliphatic rings. The highest BCUT2D eigenvalue weighted by atomic mass is 19.1. The van der Waals surface area contributed by atoms with Gasteiger partial charge in [0.05, 0.1) is 0 Å². The van der Waals surface area contributed by atoms with Gasteiger partial charge >= 0.3 is 6.03 Å². The maximum atomic E-state index is 14.0. The van der Waals surface area contributed by atoms with Gasteiger partial charge in [0.2, 0.25) is 0 Å². The predicted molar refractivity (Wildman–Crippen MR) is 102 cm³/mol. The van der Waals surface area contributed by atoms with Crippen LogP contribution in [0.5, 0.6) is 0 Å². The Morgan fingerprint density at radius 3 is 2.48 bits per heavy atom. The Labute approximate surface area is 152 Å². The lowest BCUT2D eigenvalue weighted by Crippen LogP contribution is -2.48. The average Bonchev–Trinajstić information content (AvgIpc) is 2.55. The van der Waals surface area contributed by atoms with Gasteiger partial charge in [-0.15, -0.1) is 0 Å². The molecular weight excluding hydrogens is 323 g/mol. The van der Waals surface area contributed by atoms with Crippen molar-refractivity contribution in [3.05, 3.63) is 34.6 Å². The number of aryl methyl sites for hydroxylation is 2. The Morgan fingerprint density at radius 1 is 1.32 bits per heavy atom. The molecule has 1 rings (SSSR count). The largest absolute Gasteiger partial charge is 0.412 e. The minimum absolute atomic E-state index is 0. The number of urea groups is 1. The minimum atomic E-state index is -0.283. The van der Waals surface area contributed by atoms with Crippen molar-refractivity contribution in [1.82, 2.24) is 15.1 Å². The Morgan fingerprint density at radius 2 is 1.92 bits per heavy atom. The quantitative estimate of drug-likeness (QED) is 0.696. The van der Waals surface area contributed by atoms with Crippen LogP contribution in [0, 0.1) is 19.7 Å². The summed E-state index contributed by atoms with van der Waals surface area (Å²) in [6.45, 7) is 7.24. The fourth-order valence-corrected chi connectivity index (χ4v) is 2.61. The first-order chi connectivity index (χ1) is 11.3. The molecule has 0 bridgehead atoms. The van der Waals surface area contributed by atoms with Crippen LogP contribution in [-0.2, 0) is 6.54 Å². The summed E-state index contributed by atoms with van der Waals surface area (Å²) < 4.78 is 14.0. The Balaban J connectivity index is 0. The molecule has 25 heavy (non-hydrogen) atoms. The molecule has 1 aromatic rings. The third-order valence-electron chi connectivity index (χ3n) is 4.42. The number of amides is 2. The number of halogens is 1. The van der Waals surface area contributed by atoms with E-state index in [2.05, 4.69) is 12.2 Å². The topological polar surface area (TPSA) is 93.1 Å². The van der Waals surface area contributed by atoms with E-state index in [0.717, 1.165) is 24.0 Å². The second-order valence-corrected chi connectivity index (χ2v) is 6.46. The van der Waals surface area contributed by atoms with Gasteiger partial charge in [-0.25, -0.2) is 9.18 Å². The van der Waals surface area contributed by atoms with Gasteiger partial charge < -0.3 is 21.4 Å². The lowest BCUT2D eigenvalue weighted by Gasteiger charge is -2.31. The van der Waals surface area contributed by atoms with Crippen LogP contribution in [0.2, 0.25) is 0 Å². The van der Waals surface area contributed by atoms with Crippen LogP contribution in [-0.4, -0.2) is 54.7 Å². The molecule has 7 heteroatoms. The zero-order valence-corrected chi connectivity index (χ0v) is 16.0. The summed E-state index contributed by atoms with van der Waals surface area (Å²) in [4.78, 5) is 16.1. The molecule has 2 amide bonds. The van der Waals surface area contributed by atoms with Crippen LogP contribution < -0.4 is 11.1 Å². The van der Waals surface area contributed by atoms with Gasteiger partial charge in [-0.2, -0.15) is 0 Å². The first-order valence-electron chi connectivity index (χ1n) is 8.45. The van der Waals surface area contributed by atoms with Crippen molar-refractivity contribution in [2.45, 2.75) is 46.2 Å². The molecule has 0 fully saturated rings. The molecule has 6 nitrogen and oxygen atoms in total. The first kappa shape index (κ1) is 23.3. The second kappa shape index (κ2) is 11.0. The molecule has 0 saturated heterocycles. The molecule has 1 aromatic carbocycles. The monoisotopic (exact) mass is 358 g/mol. The number of benzene rings is 1. The normalized spacial score (nSPS) is 11.8. The number of likely N-dealkylation sites (N-methyl/N-ethyl adjacent to an activating group) is 2. The van der Waals surface area contributed by atoms with Gasteiger partial charge in [0.1, 0.15) is 5.82 Å². The van der Waals surface area contributed by atoms with Gasteiger partial charge in [0.15, 0.2) is 0 Å². The van der Waals surface area contributed by atoms with E-state index in [1.807, 2.05) is 25.8 Å². The van der Waals surface area contributed by atoms with E-state index in [1.165, 1.54) is 6.07 Å².